The SMILES string of the molecule is CCC(CC)NC(=O)C(C)NCCN(CC)CC. The highest BCUT2D eigenvalue weighted by atomic mass is 16.2. The third-order valence-electron chi connectivity index (χ3n) is 3.50. The fourth-order valence-electron chi connectivity index (χ4n) is 1.89. The summed E-state index contributed by atoms with van der Waals surface area (Å²) in [7, 11) is 0. The highest BCUT2D eigenvalue weighted by molar-refractivity contribution is 5.81. The highest BCUT2D eigenvalue weighted by Crippen LogP contribution is 1.97. The van der Waals surface area contributed by atoms with Crippen LogP contribution in [0.3, 0.4) is 0 Å². The van der Waals surface area contributed by atoms with E-state index in [0.29, 0.717) is 6.04 Å². The number of amides is 1. The van der Waals surface area contributed by atoms with Crippen LogP contribution in [0.4, 0.5) is 0 Å². The van der Waals surface area contributed by atoms with Gasteiger partial charge in [0.05, 0.1) is 6.04 Å². The maximum Gasteiger partial charge on any atom is 0.237 e. The summed E-state index contributed by atoms with van der Waals surface area (Å²) in [6, 6.07) is 0.200. The van der Waals surface area contributed by atoms with Gasteiger partial charge in [0.25, 0.3) is 0 Å². The zero-order valence-electron chi connectivity index (χ0n) is 12.8. The molecule has 0 aliphatic carbocycles. The number of likely N-dealkylation sites (N-methyl/N-ethyl adjacent to an activating group) is 1. The van der Waals surface area contributed by atoms with Crippen LogP contribution in [-0.4, -0.2) is 49.1 Å². The first-order valence-electron chi connectivity index (χ1n) is 7.34. The van der Waals surface area contributed by atoms with E-state index in [0.717, 1.165) is 39.0 Å². The van der Waals surface area contributed by atoms with Crippen molar-refractivity contribution in [1.29, 1.82) is 0 Å². The fraction of sp³-hybridized carbons (Fsp3) is 0.929. The predicted molar refractivity (Wildman–Crippen MR) is 77.8 cm³/mol. The van der Waals surface area contributed by atoms with Crippen molar-refractivity contribution >= 4 is 5.91 Å². The van der Waals surface area contributed by atoms with Crippen LogP contribution in [-0.2, 0) is 4.79 Å². The van der Waals surface area contributed by atoms with Gasteiger partial charge >= 0.3 is 0 Å². The van der Waals surface area contributed by atoms with Crippen molar-refractivity contribution in [2.75, 3.05) is 26.2 Å². The van der Waals surface area contributed by atoms with Crippen molar-refractivity contribution < 1.29 is 4.79 Å². The molecule has 0 aliphatic heterocycles. The molecule has 0 heterocycles. The molecule has 0 rings (SSSR count). The van der Waals surface area contributed by atoms with Crippen molar-refractivity contribution in [3.63, 3.8) is 0 Å². The monoisotopic (exact) mass is 257 g/mol. The molecule has 1 atom stereocenters. The van der Waals surface area contributed by atoms with Gasteiger partial charge in [-0.1, -0.05) is 27.7 Å². The second-order valence-corrected chi connectivity index (χ2v) is 4.72. The molecule has 0 aliphatic rings. The first-order valence-corrected chi connectivity index (χ1v) is 7.34. The summed E-state index contributed by atoms with van der Waals surface area (Å²) in [5.41, 5.74) is 0. The number of hydrogen-bond acceptors (Lipinski definition) is 3. The Labute approximate surface area is 113 Å². The zero-order chi connectivity index (χ0) is 14.0. The molecular formula is C14H31N3O. The molecule has 0 saturated carbocycles. The topological polar surface area (TPSA) is 44.4 Å². The van der Waals surface area contributed by atoms with Crippen LogP contribution < -0.4 is 10.6 Å². The molecule has 1 unspecified atom stereocenters. The Morgan fingerprint density at radius 3 is 2.11 bits per heavy atom. The minimum atomic E-state index is -0.110. The lowest BCUT2D eigenvalue weighted by atomic mass is 10.1. The van der Waals surface area contributed by atoms with Gasteiger partial charge in [-0.2, -0.15) is 0 Å². The van der Waals surface area contributed by atoms with E-state index >= 15 is 0 Å². The molecule has 0 aromatic rings. The van der Waals surface area contributed by atoms with Gasteiger partial charge in [-0.25, -0.2) is 0 Å². The minimum Gasteiger partial charge on any atom is -0.352 e. The van der Waals surface area contributed by atoms with Crippen molar-refractivity contribution in [1.82, 2.24) is 15.5 Å². The van der Waals surface area contributed by atoms with Crippen molar-refractivity contribution in [2.45, 2.75) is 59.5 Å². The molecule has 0 fully saturated rings. The minimum absolute atomic E-state index is 0.110. The molecule has 0 saturated heterocycles. The maximum absolute atomic E-state index is 11.9. The Bertz CT molecular complexity index is 213. The van der Waals surface area contributed by atoms with Crippen molar-refractivity contribution in [3.05, 3.63) is 0 Å². The maximum atomic E-state index is 11.9. The Balaban J connectivity index is 3.87. The van der Waals surface area contributed by atoms with Gasteiger partial charge in [-0.15, -0.1) is 0 Å². The summed E-state index contributed by atoms with van der Waals surface area (Å²) in [6.07, 6.45) is 1.99. The van der Waals surface area contributed by atoms with Gasteiger partial charge in [0.2, 0.25) is 5.91 Å². The van der Waals surface area contributed by atoms with Crippen LogP contribution >= 0.6 is 0 Å². The quantitative estimate of drug-likeness (QED) is 0.625. The average Bonchev–Trinajstić information content (AvgIpc) is 2.40. The van der Waals surface area contributed by atoms with Crippen LogP contribution in [0, 0.1) is 0 Å². The second-order valence-electron chi connectivity index (χ2n) is 4.72. The number of carbonyl (C=O) groups is 1. The summed E-state index contributed by atoms with van der Waals surface area (Å²) >= 11 is 0. The molecule has 0 aromatic carbocycles. The Hall–Kier alpha value is -0.610. The lowest BCUT2D eigenvalue weighted by Gasteiger charge is -2.22. The first-order chi connectivity index (χ1) is 8.58. The normalized spacial score (nSPS) is 13.1. The lowest BCUT2D eigenvalue weighted by Crippen LogP contribution is -2.47. The summed E-state index contributed by atoms with van der Waals surface area (Å²) in [5, 5.41) is 6.35. The van der Waals surface area contributed by atoms with Gasteiger partial charge in [0, 0.05) is 19.1 Å². The molecular weight excluding hydrogens is 226 g/mol. The standard InChI is InChI=1S/C14H31N3O/c1-6-13(7-2)16-14(18)12(5)15-10-11-17(8-3)9-4/h12-13,15H,6-11H2,1-5H3,(H,16,18). The third kappa shape index (κ3) is 6.97. The van der Waals surface area contributed by atoms with Crippen molar-refractivity contribution in [2.24, 2.45) is 0 Å². The first kappa shape index (κ1) is 17.4. The van der Waals surface area contributed by atoms with Crippen LogP contribution in [0.1, 0.15) is 47.5 Å². The zero-order valence-corrected chi connectivity index (χ0v) is 12.8. The third-order valence-corrected chi connectivity index (χ3v) is 3.50. The van der Waals surface area contributed by atoms with Gasteiger partial charge < -0.3 is 15.5 Å². The van der Waals surface area contributed by atoms with E-state index < -0.39 is 0 Å². The van der Waals surface area contributed by atoms with E-state index in [1.807, 2.05) is 6.92 Å². The van der Waals surface area contributed by atoms with Gasteiger partial charge in [0.1, 0.15) is 0 Å². The van der Waals surface area contributed by atoms with Gasteiger partial charge in [-0.05, 0) is 32.9 Å². The van der Waals surface area contributed by atoms with E-state index in [1.54, 1.807) is 0 Å². The van der Waals surface area contributed by atoms with Gasteiger partial charge in [0.15, 0.2) is 0 Å². The number of rotatable bonds is 10. The van der Waals surface area contributed by atoms with E-state index in [4.69, 9.17) is 0 Å². The number of nitrogens with zero attached hydrogens (tertiary/aromatic N) is 1. The lowest BCUT2D eigenvalue weighted by molar-refractivity contribution is -0.123. The summed E-state index contributed by atoms with van der Waals surface area (Å²) < 4.78 is 0. The van der Waals surface area contributed by atoms with E-state index in [2.05, 4.69) is 43.2 Å². The highest BCUT2D eigenvalue weighted by Gasteiger charge is 2.15. The molecule has 0 aromatic heterocycles. The van der Waals surface area contributed by atoms with E-state index in [9.17, 15) is 4.79 Å². The smallest absolute Gasteiger partial charge is 0.237 e. The molecule has 18 heavy (non-hydrogen) atoms. The summed E-state index contributed by atoms with van der Waals surface area (Å²) in [6.45, 7) is 14.4. The Morgan fingerprint density at radius 1 is 1.11 bits per heavy atom. The van der Waals surface area contributed by atoms with Crippen LogP contribution in [0.2, 0.25) is 0 Å². The summed E-state index contributed by atoms with van der Waals surface area (Å²) in [4.78, 5) is 14.2. The molecule has 1 amide bonds. The fourth-order valence-corrected chi connectivity index (χ4v) is 1.89. The van der Waals surface area contributed by atoms with Crippen LogP contribution in [0.5, 0.6) is 0 Å². The summed E-state index contributed by atoms with van der Waals surface area (Å²) in [5.74, 6) is 0.114. The molecule has 2 N–H and O–H groups in total. The van der Waals surface area contributed by atoms with Crippen LogP contribution in [0.15, 0.2) is 0 Å². The van der Waals surface area contributed by atoms with E-state index in [-0.39, 0.29) is 11.9 Å². The molecule has 4 nitrogen and oxygen atoms in total. The number of nitrogens with one attached hydrogen (secondary N) is 2. The largest absolute Gasteiger partial charge is 0.352 e. The molecule has 4 heteroatoms. The molecule has 0 bridgehead atoms. The molecule has 0 spiro atoms. The van der Waals surface area contributed by atoms with E-state index in [1.165, 1.54) is 0 Å². The molecule has 108 valence electrons. The van der Waals surface area contributed by atoms with Gasteiger partial charge in [-0.3, -0.25) is 4.79 Å². The molecule has 0 radical (unpaired) electrons. The number of carbonyl (C=O) groups excluding carboxylic acids is 1. The Kier molecular flexibility index (Phi) is 9.98. The van der Waals surface area contributed by atoms with Crippen LogP contribution in [0.25, 0.3) is 0 Å². The van der Waals surface area contributed by atoms with Crippen molar-refractivity contribution in [3.8, 4) is 0 Å². The average molecular weight is 257 g/mol. The predicted octanol–water partition coefficient (Wildman–Crippen LogP) is 1.61. The second kappa shape index (κ2) is 10.3. The number of hydrogen-bond donors (Lipinski definition) is 2. The Morgan fingerprint density at radius 2 is 1.67 bits per heavy atom.